The number of halogens is 4. The highest BCUT2D eigenvalue weighted by molar-refractivity contribution is 9.10. The van der Waals surface area contributed by atoms with E-state index in [0.29, 0.717) is 12.7 Å². The fraction of sp³-hybridized carbons (Fsp3) is 0.333. The van der Waals surface area contributed by atoms with E-state index >= 15 is 0 Å². The van der Waals surface area contributed by atoms with Gasteiger partial charge >= 0.3 is 6.18 Å². The molecule has 138 valence electrons. The first-order chi connectivity index (χ1) is 12.3. The summed E-state index contributed by atoms with van der Waals surface area (Å²) in [6.45, 7) is 0. The molecule has 0 amide bonds. The van der Waals surface area contributed by atoms with Crippen molar-refractivity contribution in [3.05, 3.63) is 51.0 Å². The van der Waals surface area contributed by atoms with E-state index in [-0.39, 0.29) is 23.3 Å². The number of methoxy groups -OCH3 is 1. The zero-order valence-electron chi connectivity index (χ0n) is 13.9. The topological polar surface area (TPSA) is 51.2 Å². The van der Waals surface area contributed by atoms with Crippen LogP contribution < -0.4 is 10.1 Å². The van der Waals surface area contributed by atoms with Crippen molar-refractivity contribution in [2.24, 2.45) is 0 Å². The summed E-state index contributed by atoms with van der Waals surface area (Å²) in [6.07, 6.45) is -1.95. The zero-order chi connectivity index (χ0) is 18.9. The lowest BCUT2D eigenvalue weighted by atomic mass is 9.87. The molecular formula is C18H16BrF3N2O2. The minimum Gasteiger partial charge on any atom is -0.480 e. The lowest BCUT2D eigenvalue weighted by molar-refractivity contribution is -0.137. The molecule has 3 rings (SSSR count). The molecule has 1 aliphatic rings. The average Bonchev–Trinajstić information content (AvgIpc) is 2.61. The largest absolute Gasteiger partial charge is 0.480 e. The first-order valence-electron chi connectivity index (χ1n) is 8.00. The lowest BCUT2D eigenvalue weighted by Gasteiger charge is -2.28. The van der Waals surface area contributed by atoms with E-state index in [1.807, 2.05) is 18.2 Å². The molecule has 1 heterocycles. The second-order valence-electron chi connectivity index (χ2n) is 6.00. The van der Waals surface area contributed by atoms with Crippen molar-refractivity contribution in [1.82, 2.24) is 4.98 Å². The molecule has 1 atom stereocenters. The van der Waals surface area contributed by atoms with Crippen molar-refractivity contribution in [1.29, 1.82) is 0 Å². The first kappa shape index (κ1) is 18.7. The second-order valence-corrected chi connectivity index (χ2v) is 6.85. The van der Waals surface area contributed by atoms with E-state index in [2.05, 4.69) is 26.2 Å². The fourth-order valence-electron chi connectivity index (χ4n) is 3.20. The standard InChI is InChI=1S/C18H16BrF3N2O2/c1-26-17-10(9-25)8-13(18(20,21)22)16(24-17)23-15-7-3-4-11-12(15)5-2-6-14(11)19/h2,5-6,8-9,15H,3-4,7H2,1H3,(H,23,24)/t15-/m0/s1. The van der Waals surface area contributed by atoms with Crippen LogP contribution in [0.3, 0.4) is 0 Å². The number of aromatic nitrogens is 1. The normalized spacial score (nSPS) is 16.7. The quantitative estimate of drug-likeness (QED) is 0.682. The first-order valence-corrected chi connectivity index (χ1v) is 8.79. The van der Waals surface area contributed by atoms with Gasteiger partial charge in [0.15, 0.2) is 6.29 Å². The van der Waals surface area contributed by atoms with Crippen LogP contribution in [-0.4, -0.2) is 18.4 Å². The van der Waals surface area contributed by atoms with Crippen LogP contribution in [0.15, 0.2) is 28.7 Å². The van der Waals surface area contributed by atoms with Gasteiger partial charge in [-0.25, -0.2) is 0 Å². The minimum atomic E-state index is -4.64. The molecular weight excluding hydrogens is 413 g/mol. The third kappa shape index (κ3) is 3.56. The van der Waals surface area contributed by atoms with Crippen LogP contribution in [0.5, 0.6) is 5.88 Å². The number of fused-ring (bicyclic) bond motifs is 1. The highest BCUT2D eigenvalue weighted by Crippen LogP contribution is 2.40. The number of pyridine rings is 1. The zero-order valence-corrected chi connectivity index (χ0v) is 15.4. The van der Waals surface area contributed by atoms with Crippen LogP contribution >= 0.6 is 15.9 Å². The van der Waals surface area contributed by atoms with Crippen LogP contribution in [0, 0.1) is 0 Å². The van der Waals surface area contributed by atoms with Gasteiger partial charge in [0.25, 0.3) is 0 Å². The highest BCUT2D eigenvalue weighted by Gasteiger charge is 2.37. The molecule has 1 aliphatic carbocycles. The number of benzene rings is 1. The molecule has 0 saturated carbocycles. The summed E-state index contributed by atoms with van der Waals surface area (Å²) in [4.78, 5) is 15.0. The Morgan fingerprint density at radius 2 is 2.15 bits per heavy atom. The Morgan fingerprint density at radius 3 is 2.81 bits per heavy atom. The summed E-state index contributed by atoms with van der Waals surface area (Å²) in [5.74, 6) is -0.474. The SMILES string of the molecule is COc1nc(N[C@H]2CCCc3c(Br)cccc32)c(C(F)(F)F)cc1C=O. The van der Waals surface area contributed by atoms with Gasteiger partial charge < -0.3 is 10.1 Å². The summed E-state index contributed by atoms with van der Waals surface area (Å²) in [6, 6.07) is 6.14. The van der Waals surface area contributed by atoms with Crippen molar-refractivity contribution in [3.8, 4) is 5.88 Å². The van der Waals surface area contributed by atoms with Crippen molar-refractivity contribution < 1.29 is 22.7 Å². The maximum absolute atomic E-state index is 13.5. The number of rotatable bonds is 4. The number of aldehydes is 1. The van der Waals surface area contributed by atoms with Gasteiger partial charge in [0.1, 0.15) is 5.82 Å². The Bertz CT molecular complexity index is 840. The smallest absolute Gasteiger partial charge is 0.419 e. The third-order valence-electron chi connectivity index (χ3n) is 4.40. The predicted octanol–water partition coefficient (Wildman–Crippen LogP) is 5.17. The summed E-state index contributed by atoms with van der Waals surface area (Å²) in [7, 11) is 1.26. The molecule has 8 heteroatoms. The molecule has 1 N–H and O–H groups in total. The molecule has 4 nitrogen and oxygen atoms in total. The Kier molecular flexibility index (Phi) is 5.22. The lowest BCUT2D eigenvalue weighted by Crippen LogP contribution is -2.21. The summed E-state index contributed by atoms with van der Waals surface area (Å²) < 4.78 is 46.3. The van der Waals surface area contributed by atoms with E-state index in [1.165, 1.54) is 7.11 Å². The van der Waals surface area contributed by atoms with Gasteiger partial charge in [-0.1, -0.05) is 28.1 Å². The molecule has 0 spiro atoms. The molecule has 0 bridgehead atoms. The van der Waals surface area contributed by atoms with Crippen LogP contribution in [0.1, 0.15) is 45.9 Å². The van der Waals surface area contributed by atoms with Crippen molar-refractivity contribution in [3.63, 3.8) is 0 Å². The van der Waals surface area contributed by atoms with Gasteiger partial charge in [0, 0.05) is 4.47 Å². The number of carbonyl (C=O) groups is 1. The van der Waals surface area contributed by atoms with Gasteiger partial charge in [0.05, 0.1) is 24.3 Å². The third-order valence-corrected chi connectivity index (χ3v) is 5.14. The average molecular weight is 429 g/mol. The maximum atomic E-state index is 13.5. The monoisotopic (exact) mass is 428 g/mol. The molecule has 0 fully saturated rings. The Balaban J connectivity index is 2.06. The van der Waals surface area contributed by atoms with Crippen molar-refractivity contribution >= 4 is 28.0 Å². The molecule has 2 aromatic rings. The highest BCUT2D eigenvalue weighted by atomic mass is 79.9. The van der Waals surface area contributed by atoms with E-state index < -0.39 is 11.7 Å². The second kappa shape index (κ2) is 7.26. The molecule has 0 radical (unpaired) electrons. The molecule has 1 aromatic carbocycles. The van der Waals surface area contributed by atoms with Crippen LogP contribution in [0.4, 0.5) is 19.0 Å². The molecule has 0 unspecified atom stereocenters. The van der Waals surface area contributed by atoms with Crippen LogP contribution in [0.25, 0.3) is 0 Å². The fourth-order valence-corrected chi connectivity index (χ4v) is 3.78. The Labute approximate surface area is 156 Å². The maximum Gasteiger partial charge on any atom is 0.419 e. The van der Waals surface area contributed by atoms with Crippen LogP contribution in [0.2, 0.25) is 0 Å². The van der Waals surface area contributed by atoms with Gasteiger partial charge in [-0.3, -0.25) is 4.79 Å². The van der Waals surface area contributed by atoms with Crippen molar-refractivity contribution in [2.75, 3.05) is 12.4 Å². The molecule has 1 aromatic heterocycles. The van der Waals surface area contributed by atoms with E-state index in [9.17, 15) is 18.0 Å². The molecule has 0 saturated heterocycles. The number of hydrogen-bond acceptors (Lipinski definition) is 4. The summed E-state index contributed by atoms with van der Waals surface area (Å²) in [5.41, 5.74) is 0.806. The number of alkyl halides is 3. The van der Waals surface area contributed by atoms with Gasteiger partial charge in [-0.05, 0) is 42.5 Å². The summed E-state index contributed by atoms with van der Waals surface area (Å²) >= 11 is 3.50. The number of nitrogens with zero attached hydrogens (tertiary/aromatic N) is 1. The van der Waals surface area contributed by atoms with Crippen molar-refractivity contribution in [2.45, 2.75) is 31.5 Å². The molecule has 26 heavy (non-hydrogen) atoms. The number of ether oxygens (including phenoxy) is 1. The number of nitrogens with one attached hydrogen (secondary N) is 1. The van der Waals surface area contributed by atoms with Gasteiger partial charge in [-0.2, -0.15) is 18.2 Å². The van der Waals surface area contributed by atoms with E-state index in [1.54, 1.807) is 0 Å². The van der Waals surface area contributed by atoms with Gasteiger partial charge in [-0.15, -0.1) is 0 Å². The Hall–Kier alpha value is -2.09. The molecule has 0 aliphatic heterocycles. The minimum absolute atomic E-state index is 0.138. The Morgan fingerprint density at radius 1 is 1.38 bits per heavy atom. The van der Waals surface area contributed by atoms with E-state index in [4.69, 9.17) is 4.74 Å². The van der Waals surface area contributed by atoms with Gasteiger partial charge in [0.2, 0.25) is 5.88 Å². The van der Waals surface area contributed by atoms with E-state index in [0.717, 1.165) is 34.5 Å². The summed E-state index contributed by atoms with van der Waals surface area (Å²) in [5, 5.41) is 2.92. The predicted molar refractivity (Wildman–Crippen MR) is 94.6 cm³/mol. The van der Waals surface area contributed by atoms with Crippen LogP contribution in [-0.2, 0) is 12.6 Å². The number of hydrogen-bond donors (Lipinski definition) is 1. The number of carbonyl (C=O) groups excluding carboxylic acids is 1. The number of anilines is 1.